The first kappa shape index (κ1) is 15.8. The normalized spacial score (nSPS) is 10.7. The molecule has 3 aromatic rings. The molecule has 0 fully saturated rings. The van der Waals surface area contributed by atoms with Gasteiger partial charge in [0.2, 0.25) is 0 Å². The Morgan fingerprint density at radius 3 is 3.00 bits per heavy atom. The molecule has 23 heavy (non-hydrogen) atoms. The lowest BCUT2D eigenvalue weighted by Gasteiger charge is -2.03. The van der Waals surface area contributed by atoms with Crippen molar-refractivity contribution in [1.29, 1.82) is 0 Å². The van der Waals surface area contributed by atoms with Gasteiger partial charge in [-0.25, -0.2) is 9.78 Å². The maximum Gasteiger partial charge on any atom is 0.357 e. The Bertz CT molecular complexity index is 847. The third kappa shape index (κ3) is 3.63. The number of halogens is 1. The van der Waals surface area contributed by atoms with Crippen molar-refractivity contribution in [3.63, 3.8) is 0 Å². The van der Waals surface area contributed by atoms with E-state index < -0.39 is 5.97 Å². The fourth-order valence-corrected chi connectivity index (χ4v) is 3.41. The lowest BCUT2D eigenvalue weighted by molar-refractivity contribution is 0.0522. The molecule has 0 atom stereocenters. The molecule has 0 unspecified atom stereocenters. The van der Waals surface area contributed by atoms with E-state index in [2.05, 4.69) is 10.3 Å². The molecular formula is C17H15ClN2O2S. The van der Waals surface area contributed by atoms with Crippen molar-refractivity contribution in [1.82, 2.24) is 4.98 Å². The van der Waals surface area contributed by atoms with E-state index in [1.165, 1.54) is 0 Å². The smallest absolute Gasteiger partial charge is 0.357 e. The van der Waals surface area contributed by atoms with E-state index in [0.29, 0.717) is 18.8 Å². The van der Waals surface area contributed by atoms with Crippen LogP contribution in [0.25, 0.3) is 10.1 Å². The predicted octanol–water partition coefficient (Wildman–Crippen LogP) is 4.74. The molecule has 0 saturated carbocycles. The quantitative estimate of drug-likeness (QED) is 0.678. The maximum atomic E-state index is 12.0. The third-order valence-corrected chi connectivity index (χ3v) is 4.56. The number of aromatic nitrogens is 1. The first-order valence-corrected chi connectivity index (χ1v) is 8.41. The van der Waals surface area contributed by atoms with Crippen molar-refractivity contribution >= 4 is 44.0 Å². The van der Waals surface area contributed by atoms with Crippen LogP contribution >= 0.6 is 22.9 Å². The lowest BCUT2D eigenvalue weighted by Crippen LogP contribution is -2.06. The number of hydrogen-bond acceptors (Lipinski definition) is 5. The van der Waals surface area contributed by atoms with Gasteiger partial charge in [0.25, 0.3) is 0 Å². The Morgan fingerprint density at radius 2 is 2.22 bits per heavy atom. The lowest BCUT2D eigenvalue weighted by atomic mass is 10.2. The summed E-state index contributed by atoms with van der Waals surface area (Å²) < 4.78 is 6.05. The van der Waals surface area contributed by atoms with Crippen LogP contribution in [0.3, 0.4) is 0 Å². The Labute approximate surface area is 143 Å². The van der Waals surface area contributed by atoms with Crippen LogP contribution < -0.4 is 5.32 Å². The van der Waals surface area contributed by atoms with Gasteiger partial charge in [0.1, 0.15) is 0 Å². The van der Waals surface area contributed by atoms with Crippen molar-refractivity contribution in [2.45, 2.75) is 13.5 Å². The molecule has 0 radical (unpaired) electrons. The molecule has 118 valence electrons. The molecule has 1 aromatic carbocycles. The summed E-state index contributed by atoms with van der Waals surface area (Å²) in [6.07, 6.45) is 1.63. The van der Waals surface area contributed by atoms with Gasteiger partial charge in [-0.1, -0.05) is 23.7 Å². The zero-order valence-corrected chi connectivity index (χ0v) is 14.1. The second kappa shape index (κ2) is 6.98. The number of fused-ring (bicyclic) bond motifs is 1. The van der Waals surface area contributed by atoms with Crippen molar-refractivity contribution in [3.05, 3.63) is 58.9 Å². The summed E-state index contributed by atoms with van der Waals surface area (Å²) in [5, 5.41) is 5.85. The van der Waals surface area contributed by atoms with Crippen LogP contribution in [0.2, 0.25) is 5.02 Å². The van der Waals surface area contributed by atoms with Gasteiger partial charge in [0.05, 0.1) is 11.6 Å². The van der Waals surface area contributed by atoms with Gasteiger partial charge in [-0.05, 0) is 36.8 Å². The molecule has 2 heterocycles. The summed E-state index contributed by atoms with van der Waals surface area (Å²) in [4.78, 5) is 16.1. The Hall–Kier alpha value is -2.11. The molecule has 6 heteroatoms. The minimum Gasteiger partial charge on any atom is -0.461 e. The number of thiophene rings is 1. The fraction of sp³-hybridized carbons (Fsp3) is 0.176. The van der Waals surface area contributed by atoms with Crippen LogP contribution in [0, 0.1) is 0 Å². The summed E-state index contributed by atoms with van der Waals surface area (Å²) in [6, 6.07) is 11.5. The van der Waals surface area contributed by atoms with Crippen LogP contribution in [0.5, 0.6) is 0 Å². The number of rotatable bonds is 5. The molecule has 0 saturated heterocycles. The molecule has 4 nitrogen and oxygen atoms in total. The van der Waals surface area contributed by atoms with Crippen molar-refractivity contribution in [2.75, 3.05) is 11.9 Å². The zero-order chi connectivity index (χ0) is 16.2. The van der Waals surface area contributed by atoms with Gasteiger partial charge in [0, 0.05) is 27.9 Å². The molecule has 0 bridgehead atoms. The summed E-state index contributed by atoms with van der Waals surface area (Å²) in [5.74, 6) is -0.391. The highest BCUT2D eigenvalue weighted by Gasteiger charge is 2.15. The highest BCUT2D eigenvalue weighted by molar-refractivity contribution is 7.22. The third-order valence-electron chi connectivity index (χ3n) is 3.27. The zero-order valence-electron chi connectivity index (χ0n) is 12.5. The van der Waals surface area contributed by atoms with E-state index in [1.807, 2.05) is 36.4 Å². The molecule has 0 amide bonds. The second-order valence-corrected chi connectivity index (χ2v) is 6.41. The number of ether oxygens (including phenoxy) is 1. The van der Waals surface area contributed by atoms with Crippen LogP contribution in [0.15, 0.2) is 42.6 Å². The summed E-state index contributed by atoms with van der Waals surface area (Å²) in [5.41, 5.74) is 1.45. The standard InChI is InChI=1S/C17H15ClN2O2S/c1-2-22-17(21)16-13-9-15(23-14(13)6-7-19-16)20-10-11-4-3-5-12(18)8-11/h3-9,20H,2,10H2,1H3. The van der Waals surface area contributed by atoms with Crippen LogP contribution in [-0.2, 0) is 11.3 Å². The largest absolute Gasteiger partial charge is 0.461 e. The molecule has 0 aliphatic heterocycles. The van der Waals surface area contributed by atoms with Gasteiger partial charge < -0.3 is 10.1 Å². The van der Waals surface area contributed by atoms with E-state index in [4.69, 9.17) is 16.3 Å². The highest BCUT2D eigenvalue weighted by atomic mass is 35.5. The fourth-order valence-electron chi connectivity index (χ4n) is 2.25. The Morgan fingerprint density at radius 1 is 1.35 bits per heavy atom. The van der Waals surface area contributed by atoms with E-state index >= 15 is 0 Å². The highest BCUT2D eigenvalue weighted by Crippen LogP contribution is 2.31. The van der Waals surface area contributed by atoms with Crippen molar-refractivity contribution < 1.29 is 9.53 Å². The topological polar surface area (TPSA) is 51.2 Å². The Balaban J connectivity index is 1.82. The first-order valence-electron chi connectivity index (χ1n) is 7.21. The molecule has 0 aliphatic carbocycles. The number of pyridine rings is 1. The van der Waals surface area contributed by atoms with Crippen molar-refractivity contribution in [2.24, 2.45) is 0 Å². The average Bonchev–Trinajstić information content (AvgIpc) is 2.96. The Kier molecular flexibility index (Phi) is 4.79. The van der Waals surface area contributed by atoms with Gasteiger partial charge in [0.15, 0.2) is 5.69 Å². The molecule has 2 aromatic heterocycles. The summed E-state index contributed by atoms with van der Waals surface area (Å²) >= 11 is 7.57. The van der Waals surface area contributed by atoms with Crippen LogP contribution in [0.4, 0.5) is 5.00 Å². The molecule has 0 spiro atoms. The number of nitrogens with one attached hydrogen (secondary N) is 1. The van der Waals surface area contributed by atoms with Gasteiger partial charge in [-0.15, -0.1) is 11.3 Å². The second-order valence-electron chi connectivity index (χ2n) is 4.89. The SMILES string of the molecule is CCOC(=O)c1nccc2sc(NCc3cccc(Cl)c3)cc12. The van der Waals surface area contributed by atoms with Crippen LogP contribution in [0.1, 0.15) is 23.0 Å². The number of hydrogen-bond donors (Lipinski definition) is 1. The number of carbonyl (C=O) groups is 1. The summed E-state index contributed by atoms with van der Waals surface area (Å²) in [6.45, 7) is 2.78. The van der Waals surface area contributed by atoms with E-state index in [0.717, 1.165) is 25.7 Å². The van der Waals surface area contributed by atoms with E-state index in [-0.39, 0.29) is 0 Å². The number of nitrogens with zero attached hydrogens (tertiary/aromatic N) is 1. The summed E-state index contributed by atoms with van der Waals surface area (Å²) in [7, 11) is 0. The van der Waals surface area contributed by atoms with E-state index in [1.54, 1.807) is 24.5 Å². The van der Waals surface area contributed by atoms with Gasteiger partial charge in [-0.3, -0.25) is 0 Å². The molecule has 3 rings (SSSR count). The van der Waals surface area contributed by atoms with Crippen molar-refractivity contribution in [3.8, 4) is 0 Å². The first-order chi connectivity index (χ1) is 11.2. The van der Waals surface area contributed by atoms with Crippen LogP contribution in [-0.4, -0.2) is 17.6 Å². The van der Waals surface area contributed by atoms with Gasteiger partial charge >= 0.3 is 5.97 Å². The molecular weight excluding hydrogens is 332 g/mol. The predicted molar refractivity (Wildman–Crippen MR) is 94.4 cm³/mol. The van der Waals surface area contributed by atoms with E-state index in [9.17, 15) is 4.79 Å². The maximum absolute atomic E-state index is 12.0. The number of anilines is 1. The number of esters is 1. The number of carbonyl (C=O) groups excluding carboxylic acids is 1. The average molecular weight is 347 g/mol. The van der Waals surface area contributed by atoms with Gasteiger partial charge in [-0.2, -0.15) is 0 Å². The minimum absolute atomic E-state index is 0.334. The minimum atomic E-state index is -0.391. The number of benzene rings is 1. The molecule has 0 aliphatic rings. The monoisotopic (exact) mass is 346 g/mol. The molecule has 1 N–H and O–H groups in total.